The van der Waals surface area contributed by atoms with Gasteiger partial charge < -0.3 is 15.2 Å². The predicted octanol–water partition coefficient (Wildman–Crippen LogP) is 2.27. The maximum Gasteiger partial charge on any atom is 0.381 e. The molecule has 0 amide bonds. The second-order valence-electron chi connectivity index (χ2n) is 3.99. The SMILES string of the molecule is O=C(O)C/C=C/c1ccc(-n2cnc([N+](=O)[O-])c2)cc1. The summed E-state index contributed by atoms with van der Waals surface area (Å²) in [5, 5.41) is 19.1. The Morgan fingerprint density at radius 1 is 1.40 bits per heavy atom. The van der Waals surface area contributed by atoms with Crippen LogP contribution in [0.25, 0.3) is 11.8 Å². The number of aromatic nitrogens is 2. The van der Waals surface area contributed by atoms with Gasteiger partial charge in [0.1, 0.15) is 6.20 Å². The number of benzene rings is 1. The third kappa shape index (κ3) is 3.29. The van der Waals surface area contributed by atoms with Crippen LogP contribution in [0.5, 0.6) is 0 Å². The van der Waals surface area contributed by atoms with Crippen LogP contribution in [0.2, 0.25) is 0 Å². The van der Waals surface area contributed by atoms with Gasteiger partial charge in [0.05, 0.1) is 6.42 Å². The molecule has 0 unspecified atom stereocenters. The molecule has 20 heavy (non-hydrogen) atoms. The smallest absolute Gasteiger partial charge is 0.381 e. The van der Waals surface area contributed by atoms with Crippen LogP contribution in [0.1, 0.15) is 12.0 Å². The van der Waals surface area contributed by atoms with E-state index < -0.39 is 10.9 Å². The largest absolute Gasteiger partial charge is 0.481 e. The molecule has 0 aliphatic rings. The van der Waals surface area contributed by atoms with E-state index in [4.69, 9.17) is 5.11 Å². The van der Waals surface area contributed by atoms with Crippen LogP contribution in [-0.4, -0.2) is 25.6 Å². The molecule has 1 N–H and O–H groups in total. The number of rotatable bonds is 5. The molecule has 0 aliphatic heterocycles. The fourth-order valence-corrected chi connectivity index (χ4v) is 1.60. The average molecular weight is 273 g/mol. The fourth-order valence-electron chi connectivity index (χ4n) is 1.60. The number of hydrogen-bond donors (Lipinski definition) is 1. The number of nitrogens with zero attached hydrogens (tertiary/aromatic N) is 3. The van der Waals surface area contributed by atoms with Gasteiger partial charge in [0.2, 0.25) is 6.33 Å². The average Bonchev–Trinajstić information content (AvgIpc) is 2.89. The van der Waals surface area contributed by atoms with Crippen LogP contribution >= 0.6 is 0 Å². The zero-order valence-corrected chi connectivity index (χ0v) is 10.3. The third-order valence-electron chi connectivity index (χ3n) is 2.55. The highest BCUT2D eigenvalue weighted by Crippen LogP contribution is 2.14. The molecule has 2 aromatic rings. The molecule has 2 rings (SSSR count). The van der Waals surface area contributed by atoms with Gasteiger partial charge in [-0.15, -0.1) is 0 Å². The molecule has 0 atom stereocenters. The molecule has 102 valence electrons. The van der Waals surface area contributed by atoms with Gasteiger partial charge >= 0.3 is 11.8 Å². The first-order valence-corrected chi connectivity index (χ1v) is 5.73. The highest BCUT2D eigenvalue weighted by molar-refractivity contribution is 5.70. The Kier molecular flexibility index (Phi) is 3.90. The summed E-state index contributed by atoms with van der Waals surface area (Å²) in [5.74, 6) is -1.10. The number of nitro groups is 1. The van der Waals surface area contributed by atoms with Crippen molar-refractivity contribution >= 4 is 17.9 Å². The molecule has 0 bridgehead atoms. The Labute approximate surface area is 114 Å². The van der Waals surface area contributed by atoms with Crippen molar-refractivity contribution in [3.8, 4) is 5.69 Å². The molecule has 7 heteroatoms. The van der Waals surface area contributed by atoms with E-state index in [9.17, 15) is 14.9 Å². The van der Waals surface area contributed by atoms with E-state index in [-0.39, 0.29) is 12.2 Å². The molecular formula is C13H11N3O4. The normalized spacial score (nSPS) is 10.8. The first-order chi connectivity index (χ1) is 9.56. The Morgan fingerprint density at radius 3 is 2.65 bits per heavy atom. The number of aliphatic carboxylic acids is 1. The van der Waals surface area contributed by atoms with Crippen LogP contribution in [0.4, 0.5) is 5.82 Å². The van der Waals surface area contributed by atoms with Gasteiger partial charge in [0.25, 0.3) is 0 Å². The van der Waals surface area contributed by atoms with Crippen molar-refractivity contribution < 1.29 is 14.8 Å². The minimum Gasteiger partial charge on any atom is -0.481 e. The first kappa shape index (κ1) is 13.5. The summed E-state index contributed by atoms with van der Waals surface area (Å²) in [5.41, 5.74) is 1.59. The molecule has 0 aliphatic carbocycles. The van der Waals surface area contributed by atoms with Gasteiger partial charge in [-0.1, -0.05) is 24.3 Å². The molecule has 0 fully saturated rings. The van der Waals surface area contributed by atoms with Crippen LogP contribution in [0, 0.1) is 10.1 Å². The zero-order chi connectivity index (χ0) is 14.5. The lowest BCUT2D eigenvalue weighted by Gasteiger charge is -2.00. The fraction of sp³-hybridized carbons (Fsp3) is 0.0769. The first-order valence-electron chi connectivity index (χ1n) is 5.73. The molecule has 0 saturated heterocycles. The van der Waals surface area contributed by atoms with E-state index in [1.54, 1.807) is 41.0 Å². The molecule has 0 spiro atoms. The highest BCUT2D eigenvalue weighted by Gasteiger charge is 2.10. The summed E-state index contributed by atoms with van der Waals surface area (Å²) in [4.78, 5) is 24.0. The molecule has 0 radical (unpaired) electrons. The van der Waals surface area contributed by atoms with E-state index in [0.717, 1.165) is 11.3 Å². The van der Waals surface area contributed by atoms with E-state index in [2.05, 4.69) is 4.98 Å². The van der Waals surface area contributed by atoms with Crippen molar-refractivity contribution in [2.75, 3.05) is 0 Å². The number of carboxylic acids is 1. The van der Waals surface area contributed by atoms with Crippen molar-refractivity contribution in [3.63, 3.8) is 0 Å². The second-order valence-corrected chi connectivity index (χ2v) is 3.99. The molecule has 7 nitrogen and oxygen atoms in total. The van der Waals surface area contributed by atoms with Gasteiger partial charge in [0, 0.05) is 5.69 Å². The highest BCUT2D eigenvalue weighted by atomic mass is 16.6. The molecular weight excluding hydrogens is 262 g/mol. The molecule has 1 aromatic carbocycles. The third-order valence-corrected chi connectivity index (χ3v) is 2.55. The zero-order valence-electron chi connectivity index (χ0n) is 10.3. The van der Waals surface area contributed by atoms with Crippen LogP contribution in [0.3, 0.4) is 0 Å². The van der Waals surface area contributed by atoms with Gasteiger partial charge in [-0.3, -0.25) is 9.36 Å². The van der Waals surface area contributed by atoms with Crippen LogP contribution in [-0.2, 0) is 4.79 Å². The Hall–Kier alpha value is -2.96. The van der Waals surface area contributed by atoms with Gasteiger partial charge in [-0.2, -0.15) is 0 Å². The monoisotopic (exact) mass is 273 g/mol. The lowest BCUT2D eigenvalue weighted by molar-refractivity contribution is -0.389. The minimum atomic E-state index is -0.886. The summed E-state index contributed by atoms with van der Waals surface area (Å²) in [7, 11) is 0. The van der Waals surface area contributed by atoms with E-state index in [0.29, 0.717) is 0 Å². The van der Waals surface area contributed by atoms with E-state index >= 15 is 0 Å². The quantitative estimate of drug-likeness (QED) is 0.665. The number of carbonyl (C=O) groups is 1. The standard InChI is InChI=1S/C13H11N3O4/c17-13(18)3-1-2-10-4-6-11(7-5-10)15-8-12(14-9-15)16(19)20/h1-2,4-9H,3H2,(H,17,18)/b2-1+. The molecule has 1 heterocycles. The Bertz CT molecular complexity index is 659. The Morgan fingerprint density at radius 2 is 2.10 bits per heavy atom. The van der Waals surface area contributed by atoms with Crippen molar-refractivity contribution in [2.45, 2.75) is 6.42 Å². The van der Waals surface area contributed by atoms with Gasteiger partial charge in [-0.05, 0) is 27.6 Å². The summed E-state index contributed by atoms with van der Waals surface area (Å²) in [6.45, 7) is 0. The van der Waals surface area contributed by atoms with E-state index in [1.165, 1.54) is 12.5 Å². The lowest BCUT2D eigenvalue weighted by atomic mass is 10.2. The minimum absolute atomic E-state index is 0.0323. The van der Waals surface area contributed by atoms with Crippen molar-refractivity contribution in [3.05, 3.63) is 58.5 Å². The Balaban J connectivity index is 2.13. The van der Waals surface area contributed by atoms with Crippen molar-refractivity contribution in [1.29, 1.82) is 0 Å². The maximum absolute atomic E-state index is 10.5. The molecule has 1 aromatic heterocycles. The topological polar surface area (TPSA) is 98.3 Å². The van der Waals surface area contributed by atoms with Crippen molar-refractivity contribution in [2.24, 2.45) is 0 Å². The van der Waals surface area contributed by atoms with Gasteiger partial charge in [0.15, 0.2) is 0 Å². The maximum atomic E-state index is 10.5. The number of hydrogen-bond acceptors (Lipinski definition) is 4. The summed E-state index contributed by atoms with van der Waals surface area (Å²) in [6.07, 6.45) is 5.92. The summed E-state index contributed by atoms with van der Waals surface area (Å²) >= 11 is 0. The van der Waals surface area contributed by atoms with Crippen molar-refractivity contribution in [1.82, 2.24) is 9.55 Å². The van der Waals surface area contributed by atoms with Gasteiger partial charge in [-0.25, -0.2) is 0 Å². The number of carboxylic acid groups (broad SMARTS) is 1. The van der Waals surface area contributed by atoms with Crippen LogP contribution < -0.4 is 0 Å². The summed E-state index contributed by atoms with van der Waals surface area (Å²) < 4.78 is 1.54. The summed E-state index contributed by atoms with van der Waals surface area (Å²) in [6, 6.07) is 7.12. The lowest BCUT2D eigenvalue weighted by Crippen LogP contribution is -1.91. The molecule has 0 saturated carbocycles. The van der Waals surface area contributed by atoms with E-state index in [1.807, 2.05) is 0 Å². The van der Waals surface area contributed by atoms with Crippen LogP contribution in [0.15, 0.2) is 42.9 Å². The number of imidazole rings is 1. The predicted molar refractivity (Wildman–Crippen MR) is 71.5 cm³/mol. The second kappa shape index (κ2) is 5.79.